The predicted octanol–water partition coefficient (Wildman–Crippen LogP) is 2.64. The van der Waals surface area contributed by atoms with Crippen LogP contribution in [0.4, 0.5) is 11.4 Å². The Morgan fingerprint density at radius 2 is 2.20 bits per heavy atom. The Morgan fingerprint density at radius 3 is 2.80 bits per heavy atom. The molecule has 0 aliphatic rings. The average molecular weight is 206 g/mol. The number of nitrogen functional groups attached to an aromatic ring is 1. The molecule has 82 valence electrons. The molecule has 0 radical (unpaired) electrons. The second-order valence-corrected chi connectivity index (χ2v) is 4.11. The SMILES string of the molecule is CC(C)CCC(=O)Nc1cccc(N)c1. The Balaban J connectivity index is 2.44. The van der Waals surface area contributed by atoms with E-state index in [4.69, 9.17) is 5.73 Å². The quantitative estimate of drug-likeness (QED) is 0.744. The van der Waals surface area contributed by atoms with E-state index in [1.807, 2.05) is 12.1 Å². The summed E-state index contributed by atoms with van der Waals surface area (Å²) in [5.74, 6) is 0.603. The van der Waals surface area contributed by atoms with E-state index in [9.17, 15) is 4.79 Å². The molecular weight excluding hydrogens is 188 g/mol. The van der Waals surface area contributed by atoms with Crippen molar-refractivity contribution in [2.75, 3.05) is 11.1 Å². The van der Waals surface area contributed by atoms with Crippen molar-refractivity contribution in [2.24, 2.45) is 5.92 Å². The first-order valence-electron chi connectivity index (χ1n) is 5.23. The van der Waals surface area contributed by atoms with Crippen LogP contribution >= 0.6 is 0 Å². The third-order valence-corrected chi connectivity index (χ3v) is 2.12. The van der Waals surface area contributed by atoms with Crippen molar-refractivity contribution in [2.45, 2.75) is 26.7 Å². The van der Waals surface area contributed by atoms with E-state index < -0.39 is 0 Å². The summed E-state index contributed by atoms with van der Waals surface area (Å²) in [6, 6.07) is 7.22. The number of hydrogen-bond acceptors (Lipinski definition) is 2. The molecule has 15 heavy (non-hydrogen) atoms. The minimum Gasteiger partial charge on any atom is -0.399 e. The zero-order valence-electron chi connectivity index (χ0n) is 9.29. The maximum atomic E-state index is 11.5. The molecule has 0 bridgehead atoms. The highest BCUT2D eigenvalue weighted by atomic mass is 16.1. The van der Waals surface area contributed by atoms with Crippen LogP contribution < -0.4 is 11.1 Å². The zero-order chi connectivity index (χ0) is 11.3. The van der Waals surface area contributed by atoms with Crippen molar-refractivity contribution in [1.82, 2.24) is 0 Å². The summed E-state index contributed by atoms with van der Waals surface area (Å²) in [5.41, 5.74) is 7.04. The van der Waals surface area contributed by atoms with Gasteiger partial charge < -0.3 is 11.1 Å². The number of rotatable bonds is 4. The van der Waals surface area contributed by atoms with Crippen molar-refractivity contribution in [3.05, 3.63) is 24.3 Å². The van der Waals surface area contributed by atoms with Gasteiger partial charge in [-0.25, -0.2) is 0 Å². The maximum Gasteiger partial charge on any atom is 0.224 e. The fourth-order valence-corrected chi connectivity index (χ4v) is 1.26. The average Bonchev–Trinajstić information content (AvgIpc) is 2.15. The largest absolute Gasteiger partial charge is 0.399 e. The predicted molar refractivity (Wildman–Crippen MR) is 63.6 cm³/mol. The number of hydrogen-bond donors (Lipinski definition) is 2. The molecule has 1 rings (SSSR count). The molecule has 3 N–H and O–H groups in total. The number of anilines is 2. The number of amides is 1. The summed E-state index contributed by atoms with van der Waals surface area (Å²) in [6.07, 6.45) is 1.47. The first kappa shape index (κ1) is 11.6. The van der Waals surface area contributed by atoms with Crippen molar-refractivity contribution >= 4 is 17.3 Å². The smallest absolute Gasteiger partial charge is 0.224 e. The van der Waals surface area contributed by atoms with Crippen molar-refractivity contribution in [1.29, 1.82) is 0 Å². The highest BCUT2D eigenvalue weighted by Crippen LogP contribution is 2.13. The molecule has 0 saturated carbocycles. The van der Waals surface area contributed by atoms with Crippen molar-refractivity contribution in [3.63, 3.8) is 0 Å². The van der Waals surface area contributed by atoms with E-state index in [2.05, 4.69) is 19.2 Å². The molecule has 0 aliphatic heterocycles. The third-order valence-electron chi connectivity index (χ3n) is 2.12. The van der Waals surface area contributed by atoms with Crippen LogP contribution in [0, 0.1) is 5.92 Å². The number of carbonyl (C=O) groups is 1. The molecule has 3 heteroatoms. The standard InChI is InChI=1S/C12H18N2O/c1-9(2)6-7-12(15)14-11-5-3-4-10(13)8-11/h3-5,8-9H,6-7,13H2,1-2H3,(H,14,15). The van der Waals surface area contributed by atoms with Crippen LogP contribution in [-0.4, -0.2) is 5.91 Å². The Bertz CT molecular complexity index is 334. The summed E-state index contributed by atoms with van der Waals surface area (Å²) in [6.45, 7) is 4.21. The first-order valence-corrected chi connectivity index (χ1v) is 5.23. The normalized spacial score (nSPS) is 10.3. The van der Waals surface area contributed by atoms with Crippen LogP contribution in [0.25, 0.3) is 0 Å². The highest BCUT2D eigenvalue weighted by molar-refractivity contribution is 5.91. The monoisotopic (exact) mass is 206 g/mol. The van der Waals surface area contributed by atoms with Gasteiger partial charge in [0.1, 0.15) is 0 Å². The topological polar surface area (TPSA) is 55.1 Å². The number of benzene rings is 1. The fourth-order valence-electron chi connectivity index (χ4n) is 1.26. The van der Waals surface area contributed by atoms with Gasteiger partial charge in [-0.3, -0.25) is 4.79 Å². The number of carbonyl (C=O) groups excluding carboxylic acids is 1. The van der Waals surface area contributed by atoms with Gasteiger partial charge in [-0.1, -0.05) is 19.9 Å². The second-order valence-electron chi connectivity index (χ2n) is 4.11. The van der Waals surface area contributed by atoms with E-state index in [1.54, 1.807) is 12.1 Å². The van der Waals surface area contributed by atoms with Gasteiger partial charge in [0.15, 0.2) is 0 Å². The highest BCUT2D eigenvalue weighted by Gasteiger charge is 2.03. The lowest BCUT2D eigenvalue weighted by molar-refractivity contribution is -0.116. The van der Waals surface area contributed by atoms with Gasteiger partial charge >= 0.3 is 0 Å². The second kappa shape index (κ2) is 5.39. The lowest BCUT2D eigenvalue weighted by Gasteiger charge is -2.07. The van der Waals surface area contributed by atoms with Crippen LogP contribution in [-0.2, 0) is 4.79 Å². The third kappa shape index (κ3) is 4.49. The molecule has 1 aromatic carbocycles. The van der Waals surface area contributed by atoms with E-state index in [1.165, 1.54) is 0 Å². The first-order chi connectivity index (χ1) is 7.08. The lowest BCUT2D eigenvalue weighted by atomic mass is 10.1. The van der Waals surface area contributed by atoms with Crippen molar-refractivity contribution < 1.29 is 4.79 Å². The van der Waals surface area contributed by atoms with Crippen LogP contribution in [0.3, 0.4) is 0 Å². The Hall–Kier alpha value is -1.51. The summed E-state index contributed by atoms with van der Waals surface area (Å²) >= 11 is 0. The molecule has 0 fully saturated rings. The van der Waals surface area contributed by atoms with E-state index in [-0.39, 0.29) is 5.91 Å². The molecule has 0 saturated heterocycles. The van der Waals surface area contributed by atoms with Crippen LogP contribution in [0.15, 0.2) is 24.3 Å². The molecule has 0 aliphatic carbocycles. The van der Waals surface area contributed by atoms with E-state index in [0.717, 1.165) is 12.1 Å². The Morgan fingerprint density at radius 1 is 1.47 bits per heavy atom. The molecule has 0 aromatic heterocycles. The molecule has 0 heterocycles. The zero-order valence-corrected chi connectivity index (χ0v) is 9.29. The number of nitrogens with one attached hydrogen (secondary N) is 1. The minimum absolute atomic E-state index is 0.0503. The molecule has 1 aromatic rings. The molecule has 0 unspecified atom stereocenters. The lowest BCUT2D eigenvalue weighted by Crippen LogP contribution is -2.12. The van der Waals surface area contributed by atoms with Crippen molar-refractivity contribution in [3.8, 4) is 0 Å². The molecular formula is C12H18N2O. The maximum absolute atomic E-state index is 11.5. The van der Waals surface area contributed by atoms with Gasteiger partial charge in [-0.2, -0.15) is 0 Å². The molecule has 0 spiro atoms. The van der Waals surface area contributed by atoms with Gasteiger partial charge in [0.2, 0.25) is 5.91 Å². The van der Waals surface area contributed by atoms with Crippen LogP contribution in [0.1, 0.15) is 26.7 Å². The van der Waals surface area contributed by atoms with E-state index in [0.29, 0.717) is 18.0 Å². The summed E-state index contributed by atoms with van der Waals surface area (Å²) in [7, 11) is 0. The Labute approximate surface area is 90.7 Å². The van der Waals surface area contributed by atoms with Crippen LogP contribution in [0.2, 0.25) is 0 Å². The Kier molecular flexibility index (Phi) is 4.16. The molecule has 1 amide bonds. The molecule has 3 nitrogen and oxygen atoms in total. The van der Waals surface area contributed by atoms with E-state index >= 15 is 0 Å². The van der Waals surface area contributed by atoms with Gasteiger partial charge in [-0.15, -0.1) is 0 Å². The summed E-state index contributed by atoms with van der Waals surface area (Å²) in [4.78, 5) is 11.5. The minimum atomic E-state index is 0.0503. The summed E-state index contributed by atoms with van der Waals surface area (Å²) in [5, 5.41) is 2.82. The number of nitrogens with two attached hydrogens (primary N) is 1. The van der Waals surface area contributed by atoms with Gasteiger partial charge in [-0.05, 0) is 30.5 Å². The van der Waals surface area contributed by atoms with Gasteiger partial charge in [0.05, 0.1) is 0 Å². The summed E-state index contributed by atoms with van der Waals surface area (Å²) < 4.78 is 0. The van der Waals surface area contributed by atoms with Crippen LogP contribution in [0.5, 0.6) is 0 Å². The molecule has 0 atom stereocenters. The van der Waals surface area contributed by atoms with Gasteiger partial charge in [0.25, 0.3) is 0 Å². The van der Waals surface area contributed by atoms with Gasteiger partial charge in [0, 0.05) is 17.8 Å². The fraction of sp³-hybridized carbons (Fsp3) is 0.417.